The number of aromatic nitrogens is 3. The molecule has 252 valence electrons. The van der Waals surface area contributed by atoms with Crippen LogP contribution >= 0.6 is 0 Å². The number of nitrogens with zero attached hydrogens (tertiary/aromatic N) is 5. The third-order valence-corrected chi connectivity index (χ3v) is 8.29. The molecule has 6 rings (SSSR count). The normalized spacial score (nSPS) is 15.5. The molecule has 0 unspecified atom stereocenters. The lowest BCUT2D eigenvalue weighted by molar-refractivity contribution is -0.130. The van der Waals surface area contributed by atoms with Gasteiger partial charge in [-0.1, -0.05) is 48.5 Å². The second-order valence-corrected chi connectivity index (χ2v) is 11.6. The molecule has 1 fully saturated rings. The molecular formula is C36H34F3N7O3. The zero-order chi connectivity index (χ0) is 34.4. The number of allylic oxidation sites excluding steroid dienone is 1. The Labute approximate surface area is 281 Å². The van der Waals surface area contributed by atoms with E-state index in [9.17, 15) is 22.8 Å². The largest absolute Gasteiger partial charge is 0.417 e. The molecule has 3 N–H and O–H groups in total. The molecule has 2 aromatic carbocycles. The molecule has 49 heavy (non-hydrogen) atoms. The quantitative estimate of drug-likeness (QED) is 0.239. The Kier molecular flexibility index (Phi) is 10.00. The lowest BCUT2D eigenvalue weighted by Gasteiger charge is -2.30. The summed E-state index contributed by atoms with van der Waals surface area (Å²) in [5, 5.41) is 2.48. The Morgan fingerprint density at radius 3 is 2.31 bits per heavy atom. The first kappa shape index (κ1) is 33.3. The molecule has 0 radical (unpaired) electrons. The number of nitrogens with one attached hydrogen (secondary N) is 1. The van der Waals surface area contributed by atoms with Gasteiger partial charge in [0.05, 0.1) is 30.9 Å². The number of benzene rings is 2. The summed E-state index contributed by atoms with van der Waals surface area (Å²) in [4.78, 5) is 42.8. The smallest absolute Gasteiger partial charge is 0.378 e. The Balaban J connectivity index is 1.10. The number of pyridine rings is 1. The molecule has 0 spiro atoms. The van der Waals surface area contributed by atoms with Crippen molar-refractivity contribution < 1.29 is 27.5 Å². The predicted molar refractivity (Wildman–Crippen MR) is 181 cm³/mol. The molecule has 1 saturated heterocycles. The number of rotatable bonds is 8. The number of anilines is 3. The van der Waals surface area contributed by atoms with Gasteiger partial charge < -0.3 is 25.6 Å². The maximum absolute atomic E-state index is 13.6. The zero-order valence-corrected chi connectivity index (χ0v) is 26.5. The fraction of sp³-hybridized carbons (Fsp3) is 0.250. The standard InChI is InChI=1S/C36H34F3N7O3/c37-36(38,39)30(26-4-2-1-3-5-26)21-33(47)43-29-8-6-24(7-9-29)18-34(48)46-12-10-25(11-13-46)27-19-31(28-22-41-35(40)42-23-28)44-32(20-27)45-14-16-49-17-15-45/h1-10,19-23H,11-18H2,(H,43,47)(H2,40,41,42)/b30-21+. The number of carbonyl (C=O) groups excluding carboxylic acids is 2. The number of ether oxygens (including phenoxy) is 1. The van der Waals surface area contributed by atoms with E-state index in [-0.39, 0.29) is 23.8 Å². The van der Waals surface area contributed by atoms with Gasteiger partial charge in [-0.05, 0) is 52.9 Å². The average Bonchev–Trinajstić information content (AvgIpc) is 3.12. The molecule has 0 saturated carbocycles. The van der Waals surface area contributed by atoms with E-state index in [1.807, 2.05) is 6.07 Å². The molecule has 4 aromatic rings. The number of hydrogen-bond acceptors (Lipinski definition) is 8. The summed E-state index contributed by atoms with van der Waals surface area (Å²) in [5.41, 5.74) is 9.18. The van der Waals surface area contributed by atoms with Gasteiger partial charge in [0.2, 0.25) is 17.8 Å². The van der Waals surface area contributed by atoms with E-state index in [0.717, 1.165) is 41.3 Å². The SMILES string of the molecule is Nc1ncc(-c2cc(C3=CCN(C(=O)Cc4ccc(NC(=O)/C=C(\c5ccccc5)C(F)(F)F)cc4)CC3)cc(N3CCOCC3)n2)cn1. The van der Waals surface area contributed by atoms with Crippen molar-refractivity contribution in [3.05, 3.63) is 108 Å². The van der Waals surface area contributed by atoms with Crippen LogP contribution in [-0.2, 0) is 20.7 Å². The summed E-state index contributed by atoms with van der Waals surface area (Å²) in [7, 11) is 0. The third-order valence-electron chi connectivity index (χ3n) is 8.29. The number of nitrogen functional groups attached to an aromatic ring is 1. The second kappa shape index (κ2) is 14.7. The lowest BCUT2D eigenvalue weighted by atomic mass is 9.98. The van der Waals surface area contributed by atoms with Crippen molar-refractivity contribution in [2.45, 2.75) is 19.0 Å². The van der Waals surface area contributed by atoms with Crippen molar-refractivity contribution in [3.8, 4) is 11.3 Å². The van der Waals surface area contributed by atoms with Crippen LogP contribution in [0, 0.1) is 0 Å². The van der Waals surface area contributed by atoms with Gasteiger partial charge in [0.1, 0.15) is 5.82 Å². The summed E-state index contributed by atoms with van der Waals surface area (Å²) in [6, 6.07) is 17.7. The van der Waals surface area contributed by atoms with Crippen molar-refractivity contribution in [1.82, 2.24) is 19.9 Å². The van der Waals surface area contributed by atoms with E-state index in [1.165, 1.54) is 24.3 Å². The summed E-state index contributed by atoms with van der Waals surface area (Å²) < 4.78 is 46.4. The first-order valence-corrected chi connectivity index (χ1v) is 15.8. The highest BCUT2D eigenvalue weighted by atomic mass is 19.4. The maximum atomic E-state index is 13.6. The molecule has 10 nitrogen and oxygen atoms in total. The van der Waals surface area contributed by atoms with E-state index in [2.05, 4.69) is 32.3 Å². The van der Waals surface area contributed by atoms with Crippen LogP contribution in [0.15, 0.2) is 91.3 Å². The number of nitrogens with two attached hydrogens (primary N) is 1. The van der Waals surface area contributed by atoms with Gasteiger partial charge in [0, 0.05) is 55.9 Å². The Bertz CT molecular complexity index is 1860. The molecule has 0 atom stereocenters. The molecular weight excluding hydrogens is 635 g/mol. The third kappa shape index (κ3) is 8.49. The van der Waals surface area contributed by atoms with E-state index in [4.69, 9.17) is 15.5 Å². The maximum Gasteiger partial charge on any atom is 0.417 e. The minimum atomic E-state index is -4.70. The number of carbonyl (C=O) groups is 2. The number of alkyl halides is 3. The highest BCUT2D eigenvalue weighted by molar-refractivity contribution is 6.04. The Morgan fingerprint density at radius 2 is 1.65 bits per heavy atom. The van der Waals surface area contributed by atoms with Gasteiger partial charge in [-0.2, -0.15) is 13.2 Å². The van der Waals surface area contributed by atoms with Crippen molar-refractivity contribution >= 4 is 40.4 Å². The van der Waals surface area contributed by atoms with Gasteiger partial charge in [-0.3, -0.25) is 9.59 Å². The lowest BCUT2D eigenvalue weighted by Crippen LogP contribution is -2.37. The fourth-order valence-electron chi connectivity index (χ4n) is 5.68. The number of halogens is 3. The van der Waals surface area contributed by atoms with Crippen molar-refractivity contribution in [3.63, 3.8) is 0 Å². The van der Waals surface area contributed by atoms with Crippen molar-refractivity contribution in [2.75, 3.05) is 55.3 Å². The summed E-state index contributed by atoms with van der Waals surface area (Å²) in [6.07, 6.45) is 2.00. The van der Waals surface area contributed by atoms with Crippen LogP contribution in [0.2, 0.25) is 0 Å². The minimum Gasteiger partial charge on any atom is -0.378 e. The van der Waals surface area contributed by atoms with Gasteiger partial charge >= 0.3 is 6.18 Å². The van der Waals surface area contributed by atoms with Crippen molar-refractivity contribution in [2.24, 2.45) is 0 Å². The number of hydrogen-bond donors (Lipinski definition) is 2. The monoisotopic (exact) mass is 669 g/mol. The predicted octanol–water partition coefficient (Wildman–Crippen LogP) is 5.40. The first-order chi connectivity index (χ1) is 23.6. The topological polar surface area (TPSA) is 127 Å². The zero-order valence-electron chi connectivity index (χ0n) is 26.5. The molecule has 2 aliphatic rings. The number of morpholine rings is 1. The highest BCUT2D eigenvalue weighted by Crippen LogP contribution is 2.34. The summed E-state index contributed by atoms with van der Waals surface area (Å²) >= 11 is 0. The highest BCUT2D eigenvalue weighted by Gasteiger charge is 2.35. The second-order valence-electron chi connectivity index (χ2n) is 11.6. The Hall–Kier alpha value is -5.56. The van der Waals surface area contributed by atoms with Gasteiger partial charge in [-0.25, -0.2) is 15.0 Å². The molecule has 0 aliphatic carbocycles. The first-order valence-electron chi connectivity index (χ1n) is 15.8. The van der Waals surface area contributed by atoms with Gasteiger partial charge in [0.15, 0.2) is 0 Å². The van der Waals surface area contributed by atoms with E-state index in [0.29, 0.717) is 50.1 Å². The minimum absolute atomic E-state index is 0.0591. The molecule has 2 aliphatic heterocycles. The van der Waals surface area contributed by atoms with E-state index >= 15 is 0 Å². The van der Waals surface area contributed by atoms with Crippen LogP contribution < -0.4 is 16.0 Å². The summed E-state index contributed by atoms with van der Waals surface area (Å²) in [6.45, 7) is 3.67. The van der Waals surface area contributed by atoms with Crippen LogP contribution in [0.1, 0.15) is 23.1 Å². The van der Waals surface area contributed by atoms with Crippen LogP contribution in [0.4, 0.5) is 30.6 Å². The molecule has 2 aromatic heterocycles. The van der Waals surface area contributed by atoms with Crippen LogP contribution in [0.5, 0.6) is 0 Å². The van der Waals surface area contributed by atoms with Crippen LogP contribution in [0.3, 0.4) is 0 Å². The average molecular weight is 670 g/mol. The molecule has 4 heterocycles. The van der Waals surface area contributed by atoms with Crippen molar-refractivity contribution in [1.29, 1.82) is 0 Å². The summed E-state index contributed by atoms with van der Waals surface area (Å²) in [5.74, 6) is 0.0533. The van der Waals surface area contributed by atoms with Gasteiger partial charge in [-0.15, -0.1) is 0 Å². The Morgan fingerprint density at radius 1 is 0.939 bits per heavy atom. The molecule has 13 heteroatoms. The van der Waals surface area contributed by atoms with Gasteiger partial charge in [0.25, 0.3) is 0 Å². The van der Waals surface area contributed by atoms with Crippen LogP contribution in [-0.4, -0.2) is 77.2 Å². The molecule has 0 bridgehead atoms. The number of amides is 2. The fourth-order valence-corrected chi connectivity index (χ4v) is 5.68. The van der Waals surface area contributed by atoms with E-state index in [1.54, 1.807) is 47.6 Å². The molecule has 2 amide bonds. The van der Waals surface area contributed by atoms with E-state index < -0.39 is 17.7 Å². The van der Waals surface area contributed by atoms with Crippen LogP contribution in [0.25, 0.3) is 22.4 Å².